The molecule has 0 heterocycles. The summed E-state index contributed by atoms with van der Waals surface area (Å²) in [6.07, 6.45) is -0.840. The monoisotopic (exact) mass is 413 g/mol. The van der Waals surface area contributed by atoms with Crippen molar-refractivity contribution in [2.24, 2.45) is 11.5 Å². The number of benzene rings is 2. The number of hydrogen-bond acceptors (Lipinski definition) is 6. The molecular formula is C20H23N5O3S. The minimum Gasteiger partial charge on any atom is -0.366 e. The molecule has 29 heavy (non-hydrogen) atoms. The first-order valence-electron chi connectivity index (χ1n) is 8.75. The van der Waals surface area contributed by atoms with Gasteiger partial charge in [-0.15, -0.1) is 0 Å². The van der Waals surface area contributed by atoms with Crippen LogP contribution in [0.15, 0.2) is 48.5 Å². The number of amides is 2. The Morgan fingerprint density at radius 3 is 2.45 bits per heavy atom. The number of nitrogens with one attached hydrogen (secondary N) is 3. The summed E-state index contributed by atoms with van der Waals surface area (Å²) >= 11 is 5.20. The average molecular weight is 414 g/mol. The number of primary amides is 2. The SMILES string of the molecule is CC(=N)CC(=S)Nc1cc(NC(OCc2ccccc2)C(N)=O)ccc1C(N)=O. The molecule has 0 aromatic heterocycles. The number of nitrogens with two attached hydrogens (primary N) is 2. The normalized spacial score (nSPS) is 11.3. The van der Waals surface area contributed by atoms with Crippen LogP contribution in [0, 0.1) is 5.41 Å². The number of rotatable bonds is 10. The van der Waals surface area contributed by atoms with Crippen LogP contribution in [0.4, 0.5) is 11.4 Å². The lowest BCUT2D eigenvalue weighted by atomic mass is 10.1. The Morgan fingerprint density at radius 2 is 1.86 bits per heavy atom. The molecule has 0 aliphatic heterocycles. The topological polar surface area (TPSA) is 143 Å². The van der Waals surface area contributed by atoms with Gasteiger partial charge in [-0.2, -0.15) is 0 Å². The molecule has 0 aliphatic carbocycles. The summed E-state index contributed by atoms with van der Waals surface area (Å²) in [5.74, 6) is -1.33. The average Bonchev–Trinajstić information content (AvgIpc) is 2.65. The zero-order valence-electron chi connectivity index (χ0n) is 15.9. The Kier molecular flexibility index (Phi) is 7.81. The Bertz CT molecular complexity index is 918. The van der Waals surface area contributed by atoms with Gasteiger partial charge in [0, 0.05) is 17.8 Å². The number of hydrogen-bond donors (Lipinski definition) is 5. The van der Waals surface area contributed by atoms with E-state index in [1.165, 1.54) is 6.07 Å². The molecule has 2 aromatic rings. The summed E-state index contributed by atoms with van der Waals surface area (Å²) in [5.41, 5.74) is 13.2. The molecule has 0 radical (unpaired) electrons. The molecule has 152 valence electrons. The minimum atomic E-state index is -1.08. The van der Waals surface area contributed by atoms with Crippen molar-refractivity contribution in [2.75, 3.05) is 10.6 Å². The molecule has 0 bridgehead atoms. The summed E-state index contributed by atoms with van der Waals surface area (Å²) in [4.78, 5) is 23.9. The summed E-state index contributed by atoms with van der Waals surface area (Å²) in [5, 5.41) is 13.3. The lowest BCUT2D eigenvalue weighted by Crippen LogP contribution is -2.37. The zero-order chi connectivity index (χ0) is 21.4. The fraction of sp³-hybridized carbons (Fsp3) is 0.200. The molecule has 0 saturated carbocycles. The summed E-state index contributed by atoms with van der Waals surface area (Å²) < 4.78 is 5.59. The third kappa shape index (κ3) is 6.98. The van der Waals surface area contributed by atoms with E-state index in [1.54, 1.807) is 19.1 Å². The Labute approximate surface area is 174 Å². The highest BCUT2D eigenvalue weighted by Crippen LogP contribution is 2.22. The van der Waals surface area contributed by atoms with Crippen molar-refractivity contribution in [1.82, 2.24) is 0 Å². The van der Waals surface area contributed by atoms with Gasteiger partial charge in [-0.3, -0.25) is 9.59 Å². The first kappa shape index (κ1) is 22.0. The van der Waals surface area contributed by atoms with Crippen LogP contribution >= 0.6 is 12.2 Å². The second-order valence-electron chi connectivity index (χ2n) is 6.35. The van der Waals surface area contributed by atoms with Crippen LogP contribution < -0.4 is 22.1 Å². The third-order valence-electron chi connectivity index (χ3n) is 3.80. The Hall–Kier alpha value is -3.30. The summed E-state index contributed by atoms with van der Waals surface area (Å²) in [6, 6.07) is 14.0. The van der Waals surface area contributed by atoms with Gasteiger partial charge in [0.05, 0.1) is 22.8 Å². The maximum atomic E-state index is 11.8. The summed E-state index contributed by atoms with van der Waals surface area (Å²) in [6.45, 7) is 1.82. The molecule has 0 fully saturated rings. The van der Waals surface area contributed by atoms with Crippen molar-refractivity contribution in [2.45, 2.75) is 26.2 Å². The second-order valence-corrected chi connectivity index (χ2v) is 6.85. The van der Waals surface area contributed by atoms with Crippen LogP contribution in [-0.2, 0) is 16.1 Å². The van der Waals surface area contributed by atoms with E-state index in [-0.39, 0.29) is 18.6 Å². The van der Waals surface area contributed by atoms with E-state index in [0.717, 1.165) is 5.56 Å². The molecule has 0 aliphatic rings. The van der Waals surface area contributed by atoms with Gasteiger partial charge in [0.15, 0.2) is 0 Å². The second kappa shape index (κ2) is 10.3. The van der Waals surface area contributed by atoms with Gasteiger partial charge >= 0.3 is 0 Å². The van der Waals surface area contributed by atoms with Crippen LogP contribution in [0.3, 0.4) is 0 Å². The lowest BCUT2D eigenvalue weighted by molar-refractivity contribution is -0.128. The van der Waals surface area contributed by atoms with Crippen LogP contribution in [0.5, 0.6) is 0 Å². The van der Waals surface area contributed by atoms with Crippen LogP contribution in [0.25, 0.3) is 0 Å². The Morgan fingerprint density at radius 1 is 1.17 bits per heavy atom. The molecule has 2 aromatic carbocycles. The van der Waals surface area contributed by atoms with Crippen molar-refractivity contribution in [3.8, 4) is 0 Å². The van der Waals surface area contributed by atoms with Gasteiger partial charge in [0.2, 0.25) is 6.23 Å². The van der Waals surface area contributed by atoms with E-state index in [0.29, 0.717) is 22.1 Å². The maximum absolute atomic E-state index is 11.8. The first-order chi connectivity index (χ1) is 13.8. The van der Waals surface area contributed by atoms with E-state index < -0.39 is 18.0 Å². The quantitative estimate of drug-likeness (QED) is 0.230. The highest BCUT2D eigenvalue weighted by atomic mass is 32.1. The highest BCUT2D eigenvalue weighted by Gasteiger charge is 2.18. The van der Waals surface area contributed by atoms with Crippen molar-refractivity contribution in [3.05, 3.63) is 59.7 Å². The van der Waals surface area contributed by atoms with Gasteiger partial charge in [-0.25, -0.2) is 0 Å². The van der Waals surface area contributed by atoms with Gasteiger partial charge in [0.25, 0.3) is 11.8 Å². The molecule has 8 nitrogen and oxygen atoms in total. The Balaban J connectivity index is 2.17. The number of anilines is 2. The van der Waals surface area contributed by atoms with E-state index in [4.69, 9.17) is 33.8 Å². The fourth-order valence-corrected chi connectivity index (χ4v) is 2.81. The fourth-order valence-electron chi connectivity index (χ4n) is 2.49. The van der Waals surface area contributed by atoms with Gasteiger partial charge < -0.3 is 32.2 Å². The van der Waals surface area contributed by atoms with E-state index in [2.05, 4.69) is 10.6 Å². The summed E-state index contributed by atoms with van der Waals surface area (Å²) in [7, 11) is 0. The van der Waals surface area contributed by atoms with Crippen molar-refractivity contribution >= 4 is 46.1 Å². The smallest absolute Gasteiger partial charge is 0.267 e. The number of thiocarbonyl (C=S) groups is 1. The van der Waals surface area contributed by atoms with Crippen LogP contribution in [-0.4, -0.2) is 28.7 Å². The standard InChI is InChI=1S/C20H23N5O3S/c1-12(21)9-17(29)25-16-10-14(7-8-15(16)18(22)26)24-20(19(23)27)28-11-13-5-3-2-4-6-13/h2-8,10,20-21,24H,9,11H2,1H3,(H2,22,26)(H2,23,27)(H,25,29). The predicted octanol–water partition coefficient (Wildman–Crippen LogP) is 2.39. The largest absolute Gasteiger partial charge is 0.366 e. The molecule has 9 heteroatoms. The highest BCUT2D eigenvalue weighted by molar-refractivity contribution is 7.80. The van der Waals surface area contributed by atoms with E-state index in [1.807, 2.05) is 30.3 Å². The molecule has 2 amide bonds. The van der Waals surface area contributed by atoms with Crippen LogP contribution in [0.1, 0.15) is 29.3 Å². The lowest BCUT2D eigenvalue weighted by Gasteiger charge is -2.19. The number of carbonyl (C=O) groups is 2. The molecule has 1 atom stereocenters. The molecule has 0 saturated heterocycles. The predicted molar refractivity (Wildman–Crippen MR) is 117 cm³/mol. The molecule has 1 unspecified atom stereocenters. The molecule has 0 spiro atoms. The van der Waals surface area contributed by atoms with Gasteiger partial charge in [0.1, 0.15) is 0 Å². The maximum Gasteiger partial charge on any atom is 0.267 e. The molecular weight excluding hydrogens is 390 g/mol. The van der Waals surface area contributed by atoms with Crippen molar-refractivity contribution in [1.29, 1.82) is 5.41 Å². The zero-order valence-corrected chi connectivity index (χ0v) is 16.7. The van der Waals surface area contributed by atoms with Crippen molar-refractivity contribution < 1.29 is 14.3 Å². The van der Waals surface area contributed by atoms with Gasteiger partial charge in [-0.05, 0) is 30.7 Å². The van der Waals surface area contributed by atoms with Crippen LogP contribution in [0.2, 0.25) is 0 Å². The molecule has 2 rings (SSSR count). The van der Waals surface area contributed by atoms with Gasteiger partial charge in [-0.1, -0.05) is 42.5 Å². The van der Waals surface area contributed by atoms with E-state index >= 15 is 0 Å². The number of ether oxygens (including phenoxy) is 1. The number of carbonyl (C=O) groups excluding carboxylic acids is 2. The third-order valence-corrected chi connectivity index (χ3v) is 4.05. The van der Waals surface area contributed by atoms with Crippen molar-refractivity contribution in [3.63, 3.8) is 0 Å². The minimum absolute atomic E-state index is 0.189. The van der Waals surface area contributed by atoms with E-state index in [9.17, 15) is 9.59 Å². The first-order valence-corrected chi connectivity index (χ1v) is 9.16. The molecule has 7 N–H and O–H groups in total.